The molecule has 17 heavy (non-hydrogen) atoms. The van der Waals surface area contributed by atoms with Gasteiger partial charge in [0, 0.05) is 24.5 Å². The average molecular weight is 235 g/mol. The Morgan fingerprint density at radius 1 is 1.41 bits per heavy atom. The Kier molecular flexibility index (Phi) is 3.26. The lowest BCUT2D eigenvalue weighted by Crippen LogP contribution is -2.39. The summed E-state index contributed by atoms with van der Waals surface area (Å²) in [7, 11) is 0. The summed E-state index contributed by atoms with van der Waals surface area (Å²) in [5.41, 5.74) is 1.84. The maximum atomic E-state index is 11.0. The monoisotopic (exact) mass is 235 g/mol. The van der Waals surface area contributed by atoms with Gasteiger partial charge in [-0.25, -0.2) is 9.97 Å². The third kappa shape index (κ3) is 2.72. The van der Waals surface area contributed by atoms with Crippen LogP contribution in [0.4, 0.5) is 5.95 Å². The first-order valence-corrected chi connectivity index (χ1v) is 5.86. The Labute approximate surface area is 100 Å². The van der Waals surface area contributed by atoms with Crippen LogP contribution in [-0.4, -0.2) is 34.1 Å². The zero-order valence-electron chi connectivity index (χ0n) is 10.2. The van der Waals surface area contributed by atoms with Crippen LogP contribution in [0.1, 0.15) is 24.2 Å². The van der Waals surface area contributed by atoms with E-state index in [1.165, 1.54) is 0 Å². The molecule has 1 aliphatic heterocycles. The Morgan fingerprint density at radius 3 is 2.65 bits per heavy atom. The van der Waals surface area contributed by atoms with Gasteiger partial charge >= 0.3 is 5.97 Å². The molecule has 1 atom stereocenters. The van der Waals surface area contributed by atoms with Crippen LogP contribution in [0.15, 0.2) is 6.07 Å². The van der Waals surface area contributed by atoms with Crippen molar-refractivity contribution in [3.05, 3.63) is 17.5 Å². The van der Waals surface area contributed by atoms with Crippen molar-refractivity contribution in [2.24, 2.45) is 5.92 Å². The zero-order chi connectivity index (χ0) is 12.4. The molecule has 0 unspecified atom stereocenters. The van der Waals surface area contributed by atoms with Crippen molar-refractivity contribution in [3.8, 4) is 0 Å². The summed E-state index contributed by atoms with van der Waals surface area (Å²) < 4.78 is 0. The van der Waals surface area contributed by atoms with Crippen LogP contribution in [-0.2, 0) is 4.79 Å². The minimum atomic E-state index is -0.723. The Balaban J connectivity index is 2.18. The Morgan fingerprint density at radius 2 is 2.06 bits per heavy atom. The fraction of sp³-hybridized carbons (Fsp3) is 0.583. The van der Waals surface area contributed by atoms with E-state index in [0.717, 1.165) is 30.8 Å². The molecule has 2 heterocycles. The molecule has 0 bridgehead atoms. The number of aryl methyl sites for hydroxylation is 2. The molecule has 0 radical (unpaired) electrons. The molecule has 0 aliphatic carbocycles. The minimum absolute atomic E-state index is 0.298. The standard InChI is InChI=1S/C12H17N3O2/c1-8-6-9(2)14-12(13-8)15-5-3-4-10(7-15)11(16)17/h6,10H,3-5,7H2,1-2H3,(H,16,17)/t10-/m0/s1. The third-order valence-electron chi connectivity index (χ3n) is 3.02. The first-order valence-electron chi connectivity index (χ1n) is 5.86. The number of hydrogen-bond donors (Lipinski definition) is 1. The van der Waals surface area contributed by atoms with Crippen LogP contribution in [0.25, 0.3) is 0 Å². The van der Waals surface area contributed by atoms with E-state index in [9.17, 15) is 4.79 Å². The average Bonchev–Trinajstić information content (AvgIpc) is 2.28. The second-order valence-electron chi connectivity index (χ2n) is 4.57. The minimum Gasteiger partial charge on any atom is -0.481 e. The summed E-state index contributed by atoms with van der Waals surface area (Å²) in [4.78, 5) is 21.7. The van der Waals surface area contributed by atoms with Crippen LogP contribution in [0, 0.1) is 19.8 Å². The van der Waals surface area contributed by atoms with E-state index in [0.29, 0.717) is 12.5 Å². The molecule has 0 saturated carbocycles. The first kappa shape index (κ1) is 11.8. The topological polar surface area (TPSA) is 66.3 Å². The van der Waals surface area contributed by atoms with E-state index in [1.807, 2.05) is 24.8 Å². The number of aromatic nitrogens is 2. The maximum Gasteiger partial charge on any atom is 0.308 e. The van der Waals surface area contributed by atoms with Crippen molar-refractivity contribution in [3.63, 3.8) is 0 Å². The number of rotatable bonds is 2. The van der Waals surface area contributed by atoms with Gasteiger partial charge in [-0.05, 0) is 32.8 Å². The van der Waals surface area contributed by atoms with Gasteiger partial charge in [-0.15, -0.1) is 0 Å². The number of nitrogens with zero attached hydrogens (tertiary/aromatic N) is 3. The van der Waals surface area contributed by atoms with Gasteiger partial charge in [0.15, 0.2) is 0 Å². The molecular weight excluding hydrogens is 218 g/mol. The van der Waals surface area contributed by atoms with Gasteiger partial charge in [-0.3, -0.25) is 4.79 Å². The molecule has 1 saturated heterocycles. The van der Waals surface area contributed by atoms with Crippen molar-refractivity contribution in [2.45, 2.75) is 26.7 Å². The van der Waals surface area contributed by atoms with Crippen LogP contribution in [0.5, 0.6) is 0 Å². The van der Waals surface area contributed by atoms with Crippen LogP contribution < -0.4 is 4.90 Å². The van der Waals surface area contributed by atoms with Gasteiger partial charge < -0.3 is 10.0 Å². The SMILES string of the molecule is Cc1cc(C)nc(N2CCC[C@H](C(=O)O)C2)n1. The molecule has 0 aromatic carbocycles. The van der Waals surface area contributed by atoms with E-state index in [4.69, 9.17) is 5.11 Å². The van der Waals surface area contributed by atoms with Crippen molar-refractivity contribution >= 4 is 11.9 Å². The molecule has 5 heteroatoms. The van der Waals surface area contributed by atoms with Gasteiger partial charge in [-0.1, -0.05) is 0 Å². The van der Waals surface area contributed by atoms with Crippen LogP contribution in [0.2, 0.25) is 0 Å². The highest BCUT2D eigenvalue weighted by molar-refractivity contribution is 5.71. The Hall–Kier alpha value is -1.65. The molecule has 0 spiro atoms. The number of hydrogen-bond acceptors (Lipinski definition) is 4. The summed E-state index contributed by atoms with van der Waals surface area (Å²) in [6.45, 7) is 5.21. The summed E-state index contributed by atoms with van der Waals surface area (Å²) in [6, 6.07) is 1.92. The second kappa shape index (κ2) is 4.69. The molecule has 5 nitrogen and oxygen atoms in total. The molecule has 2 rings (SSSR count). The van der Waals surface area contributed by atoms with E-state index in [-0.39, 0.29) is 5.92 Å². The highest BCUT2D eigenvalue weighted by atomic mass is 16.4. The third-order valence-corrected chi connectivity index (χ3v) is 3.02. The summed E-state index contributed by atoms with van der Waals surface area (Å²) in [5.74, 6) is -0.360. The molecule has 1 aliphatic rings. The van der Waals surface area contributed by atoms with Gasteiger partial charge in [-0.2, -0.15) is 0 Å². The fourth-order valence-electron chi connectivity index (χ4n) is 2.21. The van der Waals surface area contributed by atoms with Gasteiger partial charge in [0.2, 0.25) is 5.95 Å². The molecule has 92 valence electrons. The van der Waals surface area contributed by atoms with E-state index in [2.05, 4.69) is 9.97 Å². The lowest BCUT2D eigenvalue weighted by atomic mass is 9.99. The smallest absolute Gasteiger partial charge is 0.308 e. The first-order chi connectivity index (χ1) is 8.06. The molecule has 1 N–H and O–H groups in total. The summed E-state index contributed by atoms with van der Waals surface area (Å²) in [5, 5.41) is 9.04. The highest BCUT2D eigenvalue weighted by Crippen LogP contribution is 2.20. The molecule has 1 aromatic rings. The van der Waals surface area contributed by atoms with Gasteiger partial charge in [0.25, 0.3) is 0 Å². The van der Waals surface area contributed by atoms with Crippen molar-refractivity contribution in [1.29, 1.82) is 0 Å². The molecule has 1 aromatic heterocycles. The predicted molar refractivity (Wildman–Crippen MR) is 64.1 cm³/mol. The quantitative estimate of drug-likeness (QED) is 0.839. The predicted octanol–water partition coefficient (Wildman–Crippen LogP) is 1.39. The Bertz CT molecular complexity index is 414. The second-order valence-corrected chi connectivity index (χ2v) is 4.57. The summed E-state index contributed by atoms with van der Waals surface area (Å²) >= 11 is 0. The van der Waals surface area contributed by atoms with E-state index < -0.39 is 5.97 Å². The maximum absolute atomic E-state index is 11.0. The number of carboxylic acid groups (broad SMARTS) is 1. The van der Waals surface area contributed by atoms with E-state index >= 15 is 0 Å². The van der Waals surface area contributed by atoms with Gasteiger partial charge in [0.05, 0.1) is 5.92 Å². The van der Waals surface area contributed by atoms with Crippen molar-refractivity contribution in [2.75, 3.05) is 18.0 Å². The largest absolute Gasteiger partial charge is 0.481 e. The molecule has 1 fully saturated rings. The lowest BCUT2D eigenvalue weighted by molar-refractivity contribution is -0.141. The van der Waals surface area contributed by atoms with Gasteiger partial charge in [0.1, 0.15) is 0 Å². The fourth-order valence-corrected chi connectivity index (χ4v) is 2.21. The molecular formula is C12H17N3O2. The normalized spacial score (nSPS) is 20.4. The zero-order valence-corrected chi connectivity index (χ0v) is 10.2. The van der Waals surface area contributed by atoms with Crippen LogP contribution in [0.3, 0.4) is 0 Å². The number of aliphatic carboxylic acids is 1. The van der Waals surface area contributed by atoms with Crippen LogP contribution >= 0.6 is 0 Å². The van der Waals surface area contributed by atoms with Crippen molar-refractivity contribution in [1.82, 2.24) is 9.97 Å². The summed E-state index contributed by atoms with van der Waals surface area (Å²) in [6.07, 6.45) is 1.63. The number of carboxylic acids is 1. The molecule has 0 amide bonds. The number of piperidine rings is 1. The van der Waals surface area contributed by atoms with E-state index in [1.54, 1.807) is 0 Å². The number of carbonyl (C=O) groups is 1. The number of anilines is 1. The highest BCUT2D eigenvalue weighted by Gasteiger charge is 2.26. The van der Waals surface area contributed by atoms with Crippen molar-refractivity contribution < 1.29 is 9.90 Å². The lowest BCUT2D eigenvalue weighted by Gasteiger charge is -2.30.